The molecule has 0 saturated carbocycles. The summed E-state index contributed by atoms with van der Waals surface area (Å²) in [5, 5.41) is 0. The summed E-state index contributed by atoms with van der Waals surface area (Å²) in [6.45, 7) is 7.20. The monoisotopic (exact) mass is 315 g/mol. The Hall–Kier alpha value is -2.17. The van der Waals surface area contributed by atoms with Crippen LogP contribution in [0.1, 0.15) is 52.9 Å². The summed E-state index contributed by atoms with van der Waals surface area (Å²) in [5.74, 6) is 0.896. The highest BCUT2D eigenvalue weighted by atomic mass is 19.1. The first-order chi connectivity index (χ1) is 10.9. The van der Waals surface area contributed by atoms with Gasteiger partial charge in [0.2, 0.25) is 0 Å². The lowest BCUT2D eigenvalue weighted by molar-refractivity contribution is 0.0730. The van der Waals surface area contributed by atoms with Crippen LogP contribution < -0.4 is 0 Å². The SMILES string of the molecule is Cc1ccc(F)cc1C(=O)N1CCc2c(nc(C(C)C)n2C)C1. The van der Waals surface area contributed by atoms with Gasteiger partial charge in [0.05, 0.1) is 12.2 Å². The van der Waals surface area contributed by atoms with Gasteiger partial charge in [0.25, 0.3) is 5.91 Å². The lowest BCUT2D eigenvalue weighted by atomic mass is 10.1. The summed E-state index contributed by atoms with van der Waals surface area (Å²) in [6.07, 6.45) is 0.783. The molecule has 4 nitrogen and oxygen atoms in total. The molecule has 23 heavy (non-hydrogen) atoms. The van der Waals surface area contributed by atoms with E-state index in [2.05, 4.69) is 18.4 Å². The first-order valence-electron chi connectivity index (χ1n) is 7.98. The number of fused-ring (bicyclic) bond motifs is 1. The van der Waals surface area contributed by atoms with E-state index in [-0.39, 0.29) is 11.7 Å². The third-order valence-corrected chi connectivity index (χ3v) is 4.52. The average Bonchev–Trinajstić information content (AvgIpc) is 2.86. The number of imidazole rings is 1. The molecule has 5 heteroatoms. The maximum atomic E-state index is 13.5. The number of amides is 1. The first-order valence-corrected chi connectivity index (χ1v) is 7.98. The largest absolute Gasteiger partial charge is 0.334 e. The van der Waals surface area contributed by atoms with Crippen molar-refractivity contribution in [2.45, 2.75) is 39.7 Å². The van der Waals surface area contributed by atoms with Crippen molar-refractivity contribution in [3.05, 3.63) is 52.4 Å². The molecule has 0 saturated heterocycles. The van der Waals surface area contributed by atoms with Crippen LogP contribution in [0.5, 0.6) is 0 Å². The Bertz CT molecular complexity index is 764. The zero-order valence-corrected chi connectivity index (χ0v) is 14.1. The van der Waals surface area contributed by atoms with Crippen LogP contribution >= 0.6 is 0 Å². The van der Waals surface area contributed by atoms with Gasteiger partial charge in [0.15, 0.2) is 0 Å². The maximum absolute atomic E-state index is 13.5. The van der Waals surface area contributed by atoms with E-state index in [1.165, 1.54) is 17.8 Å². The maximum Gasteiger partial charge on any atom is 0.254 e. The van der Waals surface area contributed by atoms with E-state index in [1.54, 1.807) is 11.0 Å². The summed E-state index contributed by atoms with van der Waals surface area (Å²) in [4.78, 5) is 19.2. The van der Waals surface area contributed by atoms with Gasteiger partial charge in [-0.2, -0.15) is 0 Å². The van der Waals surface area contributed by atoms with Gasteiger partial charge in [0.1, 0.15) is 11.6 Å². The molecule has 2 heterocycles. The van der Waals surface area contributed by atoms with Crippen LogP contribution in [0.25, 0.3) is 0 Å². The zero-order chi connectivity index (χ0) is 16.7. The summed E-state index contributed by atoms with van der Waals surface area (Å²) in [5.41, 5.74) is 3.40. The number of halogens is 1. The fourth-order valence-corrected chi connectivity index (χ4v) is 3.23. The van der Waals surface area contributed by atoms with Crippen molar-refractivity contribution in [1.29, 1.82) is 0 Å². The Labute approximate surface area is 135 Å². The third-order valence-electron chi connectivity index (χ3n) is 4.52. The van der Waals surface area contributed by atoms with Gasteiger partial charge in [-0.15, -0.1) is 0 Å². The second kappa shape index (κ2) is 5.80. The van der Waals surface area contributed by atoms with Crippen molar-refractivity contribution < 1.29 is 9.18 Å². The van der Waals surface area contributed by atoms with Gasteiger partial charge in [-0.25, -0.2) is 9.37 Å². The van der Waals surface area contributed by atoms with Crippen LogP contribution in [0, 0.1) is 12.7 Å². The van der Waals surface area contributed by atoms with Crippen LogP contribution in [0.3, 0.4) is 0 Å². The number of nitrogens with zero attached hydrogens (tertiary/aromatic N) is 3. The molecular weight excluding hydrogens is 293 g/mol. The summed E-state index contributed by atoms with van der Waals surface area (Å²) in [6, 6.07) is 4.36. The fourth-order valence-electron chi connectivity index (χ4n) is 3.23. The Kier molecular flexibility index (Phi) is 3.96. The molecule has 1 aromatic heterocycles. The predicted molar refractivity (Wildman–Crippen MR) is 86.9 cm³/mol. The second-order valence-electron chi connectivity index (χ2n) is 6.51. The molecule has 1 amide bonds. The standard InChI is InChI=1S/C18H22FN3O/c1-11(2)17-20-15-10-22(8-7-16(15)21(17)4)18(23)14-9-13(19)6-5-12(14)3/h5-6,9,11H,7-8,10H2,1-4H3. The minimum atomic E-state index is -0.378. The normalized spacial score (nSPS) is 14.3. The zero-order valence-electron chi connectivity index (χ0n) is 14.1. The van der Waals surface area contributed by atoms with Crippen LogP contribution in [0.2, 0.25) is 0 Å². The predicted octanol–water partition coefficient (Wildman–Crippen LogP) is 3.19. The molecule has 0 spiro atoms. The smallest absolute Gasteiger partial charge is 0.254 e. The molecule has 0 N–H and O–H groups in total. The Morgan fingerprint density at radius 1 is 1.35 bits per heavy atom. The Morgan fingerprint density at radius 3 is 2.78 bits per heavy atom. The molecule has 1 aliphatic rings. The molecule has 0 atom stereocenters. The van der Waals surface area contributed by atoms with E-state index >= 15 is 0 Å². The quantitative estimate of drug-likeness (QED) is 0.853. The van der Waals surface area contributed by atoms with E-state index < -0.39 is 0 Å². The number of rotatable bonds is 2. The summed E-state index contributed by atoms with van der Waals surface area (Å²) in [7, 11) is 2.04. The molecule has 0 unspecified atom stereocenters. The molecule has 3 rings (SSSR count). The van der Waals surface area contributed by atoms with Crippen molar-refractivity contribution in [2.24, 2.45) is 7.05 Å². The highest BCUT2D eigenvalue weighted by Gasteiger charge is 2.27. The summed E-state index contributed by atoms with van der Waals surface area (Å²) < 4.78 is 15.6. The van der Waals surface area contributed by atoms with Gasteiger partial charge in [-0.1, -0.05) is 19.9 Å². The molecule has 0 radical (unpaired) electrons. The molecule has 0 fully saturated rings. The Balaban J connectivity index is 1.88. The third kappa shape index (κ3) is 2.76. The number of hydrogen-bond acceptors (Lipinski definition) is 2. The molecule has 1 aliphatic heterocycles. The van der Waals surface area contributed by atoms with Crippen LogP contribution in [0.4, 0.5) is 4.39 Å². The van der Waals surface area contributed by atoms with E-state index in [9.17, 15) is 9.18 Å². The van der Waals surface area contributed by atoms with E-state index in [1.807, 2.05) is 14.0 Å². The van der Waals surface area contributed by atoms with Crippen molar-refractivity contribution in [3.8, 4) is 0 Å². The van der Waals surface area contributed by atoms with Gasteiger partial charge in [-0.05, 0) is 24.6 Å². The van der Waals surface area contributed by atoms with Crippen molar-refractivity contribution in [1.82, 2.24) is 14.5 Å². The topological polar surface area (TPSA) is 38.1 Å². The van der Waals surface area contributed by atoms with Crippen LogP contribution in [-0.2, 0) is 20.0 Å². The number of aromatic nitrogens is 2. The molecule has 122 valence electrons. The average molecular weight is 315 g/mol. The lowest BCUT2D eigenvalue weighted by Crippen LogP contribution is -2.36. The first kappa shape index (κ1) is 15.7. The van der Waals surface area contributed by atoms with E-state index in [0.717, 1.165) is 23.5 Å². The van der Waals surface area contributed by atoms with Crippen molar-refractivity contribution in [3.63, 3.8) is 0 Å². The molecule has 0 aliphatic carbocycles. The Morgan fingerprint density at radius 2 is 2.09 bits per heavy atom. The molecule has 2 aromatic rings. The van der Waals surface area contributed by atoms with Gasteiger partial charge < -0.3 is 9.47 Å². The second-order valence-corrected chi connectivity index (χ2v) is 6.51. The number of carbonyl (C=O) groups is 1. The lowest BCUT2D eigenvalue weighted by Gasteiger charge is -2.27. The van der Waals surface area contributed by atoms with Gasteiger partial charge in [-0.3, -0.25) is 4.79 Å². The highest BCUT2D eigenvalue weighted by Crippen LogP contribution is 2.25. The summed E-state index contributed by atoms with van der Waals surface area (Å²) >= 11 is 0. The number of benzene rings is 1. The van der Waals surface area contributed by atoms with Gasteiger partial charge in [0, 0.05) is 37.2 Å². The number of hydrogen-bond donors (Lipinski definition) is 0. The van der Waals surface area contributed by atoms with Crippen molar-refractivity contribution in [2.75, 3.05) is 6.54 Å². The minimum absolute atomic E-state index is 0.121. The molecular formula is C18H22FN3O. The van der Waals surface area contributed by atoms with Crippen LogP contribution in [0.15, 0.2) is 18.2 Å². The van der Waals surface area contributed by atoms with Crippen molar-refractivity contribution >= 4 is 5.91 Å². The number of carbonyl (C=O) groups excluding carboxylic acids is 1. The fraction of sp³-hybridized carbons (Fsp3) is 0.444. The molecule has 0 bridgehead atoms. The molecule has 1 aromatic carbocycles. The minimum Gasteiger partial charge on any atom is -0.334 e. The van der Waals surface area contributed by atoms with Gasteiger partial charge >= 0.3 is 0 Å². The van der Waals surface area contributed by atoms with E-state index in [4.69, 9.17) is 4.98 Å². The van der Waals surface area contributed by atoms with Crippen LogP contribution in [-0.4, -0.2) is 26.9 Å². The highest BCUT2D eigenvalue weighted by molar-refractivity contribution is 5.95. The van der Waals surface area contributed by atoms with E-state index in [0.29, 0.717) is 24.6 Å². The number of aryl methyl sites for hydroxylation is 1.